The van der Waals surface area contributed by atoms with Crippen LogP contribution in [0.15, 0.2) is 0 Å². The van der Waals surface area contributed by atoms with E-state index in [0.717, 1.165) is 5.92 Å². The Morgan fingerprint density at radius 3 is 1.09 bits per heavy atom. The number of hydrogen-bond acceptors (Lipinski definition) is 0. The van der Waals surface area contributed by atoms with Gasteiger partial charge in [0.2, 0.25) is 0 Å². The highest BCUT2D eigenvalue weighted by Gasteiger charge is 1.95. The minimum Gasteiger partial charge on any atom is -0.0683 e. The third-order valence-electron chi connectivity index (χ3n) is 1.82. The molecule has 0 aromatic carbocycles. The van der Waals surface area contributed by atoms with Crippen molar-refractivity contribution >= 4 is 0 Å². The van der Waals surface area contributed by atoms with Crippen molar-refractivity contribution in [1.29, 1.82) is 0 Å². The van der Waals surface area contributed by atoms with Crippen LogP contribution in [-0.2, 0) is 0 Å². The lowest BCUT2D eigenvalue weighted by atomic mass is 10.0. The zero-order valence-corrected chi connectivity index (χ0v) is 9.11. The third kappa shape index (κ3) is 17.8. The second-order valence-electron chi connectivity index (χ2n) is 3.22. The first-order valence-electron chi connectivity index (χ1n) is 5.27. The van der Waals surface area contributed by atoms with Crippen molar-refractivity contribution in [2.75, 3.05) is 0 Å². The van der Waals surface area contributed by atoms with Gasteiger partial charge in [-0.1, -0.05) is 66.7 Å². The Hall–Kier alpha value is 0. The van der Waals surface area contributed by atoms with Crippen molar-refractivity contribution in [2.24, 2.45) is 5.92 Å². The fourth-order valence-corrected chi connectivity index (χ4v) is 0.250. The average molecular weight is 158 g/mol. The monoisotopic (exact) mass is 158 g/mol. The minimum absolute atomic E-state index is 0.884. The van der Waals surface area contributed by atoms with Gasteiger partial charge in [-0.25, -0.2) is 0 Å². The Morgan fingerprint density at radius 2 is 1.09 bits per heavy atom. The Balaban J connectivity index is 0. The molecule has 0 bridgehead atoms. The summed E-state index contributed by atoms with van der Waals surface area (Å²) < 4.78 is 0. The summed E-state index contributed by atoms with van der Waals surface area (Å²) in [7, 11) is 0. The van der Waals surface area contributed by atoms with Crippen LogP contribution in [0.1, 0.15) is 66.7 Å². The fourth-order valence-electron chi connectivity index (χ4n) is 0.250. The Morgan fingerprint density at radius 1 is 0.909 bits per heavy atom. The molecule has 0 aliphatic heterocycles. The van der Waals surface area contributed by atoms with Gasteiger partial charge >= 0.3 is 0 Å². The molecule has 1 fully saturated rings. The van der Waals surface area contributed by atoms with E-state index < -0.39 is 0 Å². The summed E-state index contributed by atoms with van der Waals surface area (Å²) in [5.74, 6) is 0.884. The summed E-state index contributed by atoms with van der Waals surface area (Å²) in [6, 6.07) is 0. The summed E-state index contributed by atoms with van der Waals surface area (Å²) in [6.07, 6.45) is 7.31. The molecule has 0 unspecified atom stereocenters. The van der Waals surface area contributed by atoms with Crippen LogP contribution in [0.3, 0.4) is 0 Å². The van der Waals surface area contributed by atoms with Gasteiger partial charge in [-0.05, 0) is 5.92 Å². The average Bonchev–Trinajstić information content (AvgIpc) is 1.89. The van der Waals surface area contributed by atoms with Crippen LogP contribution < -0.4 is 0 Å². The van der Waals surface area contributed by atoms with Gasteiger partial charge in [0.25, 0.3) is 0 Å². The smallest absolute Gasteiger partial charge is 0.0474 e. The minimum atomic E-state index is 0.884. The molecule has 0 saturated heterocycles. The molecule has 0 heterocycles. The Bertz CT molecular complexity index is 38.0. The fraction of sp³-hybridized carbons (Fsp3) is 1.00. The lowest BCUT2D eigenvalue weighted by Gasteiger charge is -2.05. The van der Waals surface area contributed by atoms with Crippen LogP contribution in [-0.4, -0.2) is 0 Å². The molecule has 0 nitrogen and oxygen atoms in total. The van der Waals surface area contributed by atoms with Crippen molar-refractivity contribution in [3.05, 3.63) is 0 Å². The van der Waals surface area contributed by atoms with Gasteiger partial charge in [0.05, 0.1) is 0 Å². The number of hydrogen-bond donors (Lipinski definition) is 0. The van der Waals surface area contributed by atoms with Gasteiger partial charge in [-0.15, -0.1) is 0 Å². The summed E-state index contributed by atoms with van der Waals surface area (Å²) in [5.41, 5.74) is 0. The quantitative estimate of drug-likeness (QED) is 0.521. The zero-order valence-electron chi connectivity index (χ0n) is 9.11. The predicted octanol–water partition coefficient (Wildman–Crippen LogP) is 4.64. The van der Waals surface area contributed by atoms with Gasteiger partial charge in [-0.2, -0.15) is 0 Å². The Kier molecular flexibility index (Phi) is 15.6. The molecule has 0 radical (unpaired) electrons. The van der Waals surface area contributed by atoms with Crippen molar-refractivity contribution in [3.8, 4) is 0 Å². The van der Waals surface area contributed by atoms with Gasteiger partial charge in [-0.3, -0.25) is 0 Å². The molecule has 11 heavy (non-hydrogen) atoms. The lowest BCUT2D eigenvalue weighted by Crippen LogP contribution is -1.85. The van der Waals surface area contributed by atoms with Crippen LogP contribution >= 0.6 is 0 Å². The van der Waals surface area contributed by atoms with Crippen molar-refractivity contribution in [2.45, 2.75) is 66.7 Å². The summed E-state index contributed by atoms with van der Waals surface area (Å²) in [6.45, 7) is 10.6. The molecule has 0 aromatic rings. The van der Waals surface area contributed by atoms with Crippen LogP contribution in [0.25, 0.3) is 0 Å². The molecule has 1 aliphatic carbocycles. The molecule has 70 valence electrons. The molecular formula is C11H26. The normalized spacial score (nSPS) is 13.6. The third-order valence-corrected chi connectivity index (χ3v) is 1.82. The topological polar surface area (TPSA) is 0 Å². The molecule has 0 aromatic heterocycles. The van der Waals surface area contributed by atoms with E-state index in [9.17, 15) is 0 Å². The van der Waals surface area contributed by atoms with Crippen LogP contribution in [0.4, 0.5) is 0 Å². The molecule has 1 rings (SSSR count). The van der Waals surface area contributed by atoms with Gasteiger partial charge in [0.1, 0.15) is 0 Å². The van der Waals surface area contributed by atoms with E-state index in [1.807, 2.05) is 13.8 Å². The molecule has 0 heteroatoms. The molecule has 0 amide bonds. The highest BCUT2D eigenvalue weighted by Crippen LogP contribution is 2.15. The Labute approximate surface area is 73.4 Å². The lowest BCUT2D eigenvalue weighted by molar-refractivity contribution is 0.504. The van der Waals surface area contributed by atoms with E-state index in [1.54, 1.807) is 0 Å². The maximum Gasteiger partial charge on any atom is -0.0474 e. The highest BCUT2D eigenvalue weighted by atomic mass is 14.0. The highest BCUT2D eigenvalue weighted by molar-refractivity contribution is 4.50. The summed E-state index contributed by atoms with van der Waals surface area (Å²) in [4.78, 5) is 0. The van der Waals surface area contributed by atoms with Gasteiger partial charge in [0.15, 0.2) is 0 Å². The summed E-state index contributed by atoms with van der Waals surface area (Å²) >= 11 is 0. The zero-order chi connectivity index (χ0) is 9.11. The molecular weight excluding hydrogens is 132 g/mol. The number of rotatable bonds is 1. The second kappa shape index (κ2) is 12.7. The maximum absolute atomic E-state index is 2.22. The van der Waals surface area contributed by atoms with E-state index in [4.69, 9.17) is 0 Å². The van der Waals surface area contributed by atoms with Gasteiger partial charge in [0, 0.05) is 0 Å². The largest absolute Gasteiger partial charge is 0.0683 e. The van der Waals surface area contributed by atoms with Crippen molar-refractivity contribution in [3.63, 3.8) is 0 Å². The SMILES string of the molecule is C1CCC1.CC.CCC(C)C. The summed E-state index contributed by atoms with van der Waals surface area (Å²) in [5, 5.41) is 0. The molecule has 1 saturated carbocycles. The molecule has 0 atom stereocenters. The van der Waals surface area contributed by atoms with Crippen molar-refractivity contribution in [1.82, 2.24) is 0 Å². The standard InChI is InChI=1S/C5H12.C4H8.C2H6/c1-4-5(2)3;1-2-4-3-1;1-2/h5H,4H2,1-3H3;1-4H2;1-2H3. The second-order valence-corrected chi connectivity index (χ2v) is 3.22. The van der Waals surface area contributed by atoms with E-state index in [1.165, 1.54) is 32.1 Å². The molecule has 1 aliphatic rings. The maximum atomic E-state index is 2.22. The van der Waals surface area contributed by atoms with E-state index >= 15 is 0 Å². The van der Waals surface area contributed by atoms with Crippen LogP contribution in [0.2, 0.25) is 0 Å². The first-order chi connectivity index (χ1) is 5.27. The predicted molar refractivity (Wildman–Crippen MR) is 54.9 cm³/mol. The van der Waals surface area contributed by atoms with Gasteiger partial charge < -0.3 is 0 Å². The molecule has 0 N–H and O–H groups in total. The van der Waals surface area contributed by atoms with Crippen molar-refractivity contribution < 1.29 is 0 Å². The van der Waals surface area contributed by atoms with E-state index in [2.05, 4.69) is 20.8 Å². The first kappa shape index (κ1) is 13.6. The van der Waals surface area contributed by atoms with E-state index in [-0.39, 0.29) is 0 Å². The molecule has 0 spiro atoms. The van der Waals surface area contributed by atoms with Crippen LogP contribution in [0.5, 0.6) is 0 Å². The van der Waals surface area contributed by atoms with Crippen LogP contribution in [0, 0.1) is 5.92 Å². The van der Waals surface area contributed by atoms with E-state index in [0.29, 0.717) is 0 Å². The first-order valence-corrected chi connectivity index (χ1v) is 5.27.